The van der Waals surface area contributed by atoms with Crippen LogP contribution in [0.4, 0.5) is 5.82 Å². The normalized spacial score (nSPS) is 13.8. The summed E-state index contributed by atoms with van der Waals surface area (Å²) in [6.07, 6.45) is 4.48. The number of hydrogen-bond donors (Lipinski definition) is 1. The third-order valence-corrected chi connectivity index (χ3v) is 6.26. The van der Waals surface area contributed by atoms with Gasteiger partial charge in [-0.25, -0.2) is 4.98 Å². The van der Waals surface area contributed by atoms with Crippen LogP contribution in [0.5, 0.6) is 0 Å². The Hall–Kier alpha value is -3.52. The van der Waals surface area contributed by atoms with Gasteiger partial charge in [0.1, 0.15) is 17.8 Å². The van der Waals surface area contributed by atoms with E-state index in [4.69, 9.17) is 0 Å². The fraction of sp³-hybridized carbons (Fsp3) is 0.174. The van der Waals surface area contributed by atoms with Crippen molar-refractivity contribution < 1.29 is 4.79 Å². The molecule has 0 saturated carbocycles. The first-order chi connectivity index (χ1) is 15.2. The molecule has 1 amide bonds. The second-order valence-corrected chi connectivity index (χ2v) is 8.45. The Morgan fingerprint density at radius 3 is 2.87 bits per heavy atom. The summed E-state index contributed by atoms with van der Waals surface area (Å²) in [5.74, 6) is 1.87. The van der Waals surface area contributed by atoms with E-state index in [1.165, 1.54) is 0 Å². The zero-order valence-electron chi connectivity index (χ0n) is 16.9. The number of nitrogens with one attached hydrogen (secondary N) is 1. The van der Waals surface area contributed by atoms with Crippen molar-refractivity contribution in [1.82, 2.24) is 24.7 Å². The largest absolute Gasteiger partial charge is 0.312 e. The maximum absolute atomic E-state index is 13.2. The van der Waals surface area contributed by atoms with Crippen LogP contribution in [0.2, 0.25) is 0 Å². The maximum Gasteiger partial charge on any atom is 0.257 e. The van der Waals surface area contributed by atoms with Gasteiger partial charge >= 0.3 is 0 Å². The summed E-state index contributed by atoms with van der Waals surface area (Å²) in [6.45, 7) is 2.74. The van der Waals surface area contributed by atoms with Crippen LogP contribution in [-0.2, 0) is 6.54 Å². The van der Waals surface area contributed by atoms with E-state index < -0.39 is 0 Å². The molecule has 1 aliphatic rings. The van der Waals surface area contributed by atoms with E-state index in [2.05, 4.69) is 25.5 Å². The number of nitrogens with zero attached hydrogens (tertiary/aromatic N) is 5. The van der Waals surface area contributed by atoms with Crippen molar-refractivity contribution in [3.63, 3.8) is 0 Å². The molecule has 0 unspecified atom stereocenters. The number of thioether (sulfide) groups is 1. The first-order valence-corrected chi connectivity index (χ1v) is 11.0. The minimum atomic E-state index is -0.185. The lowest BCUT2D eigenvalue weighted by Crippen LogP contribution is -2.14. The SMILES string of the molecule is Cc1ccc(-c2ccc3c(c2)C(=O)Nc2cccc(n2)-c2nncn2CCCS3)cn1. The van der Waals surface area contributed by atoms with Crippen molar-refractivity contribution >= 4 is 23.5 Å². The van der Waals surface area contributed by atoms with E-state index in [9.17, 15) is 4.79 Å². The highest BCUT2D eigenvalue weighted by Gasteiger charge is 2.17. The van der Waals surface area contributed by atoms with Crippen molar-refractivity contribution in [1.29, 1.82) is 0 Å². The van der Waals surface area contributed by atoms with E-state index in [1.54, 1.807) is 24.2 Å². The van der Waals surface area contributed by atoms with Crippen molar-refractivity contribution in [3.8, 4) is 22.6 Å². The second-order valence-electron chi connectivity index (χ2n) is 7.31. The number of hydrogen-bond acceptors (Lipinski definition) is 6. The summed E-state index contributed by atoms with van der Waals surface area (Å²) >= 11 is 1.68. The molecule has 8 heteroatoms. The monoisotopic (exact) mass is 428 g/mol. The molecule has 0 spiro atoms. The number of rotatable bonds is 1. The fourth-order valence-electron chi connectivity index (χ4n) is 3.50. The average molecular weight is 429 g/mol. The van der Waals surface area contributed by atoms with Gasteiger partial charge in [-0.2, -0.15) is 0 Å². The van der Waals surface area contributed by atoms with Gasteiger partial charge < -0.3 is 9.88 Å². The van der Waals surface area contributed by atoms with Crippen LogP contribution in [0.1, 0.15) is 22.5 Å². The molecule has 0 atom stereocenters. The minimum absolute atomic E-state index is 0.185. The van der Waals surface area contributed by atoms with E-state index >= 15 is 0 Å². The Morgan fingerprint density at radius 2 is 2.00 bits per heavy atom. The van der Waals surface area contributed by atoms with Gasteiger partial charge in [0.2, 0.25) is 0 Å². The molecule has 0 saturated heterocycles. The summed E-state index contributed by atoms with van der Waals surface area (Å²) in [4.78, 5) is 23.2. The molecule has 4 aromatic rings. The third kappa shape index (κ3) is 4.06. The molecule has 2 bridgehead atoms. The maximum atomic E-state index is 13.2. The number of fused-ring (bicyclic) bond motifs is 5. The summed E-state index contributed by atoms with van der Waals surface area (Å²) in [5, 5.41) is 11.2. The van der Waals surface area contributed by atoms with Crippen molar-refractivity contribution in [3.05, 3.63) is 72.3 Å². The van der Waals surface area contributed by atoms with Gasteiger partial charge in [0.25, 0.3) is 5.91 Å². The van der Waals surface area contributed by atoms with Crippen LogP contribution in [-0.4, -0.2) is 36.4 Å². The van der Waals surface area contributed by atoms with Gasteiger partial charge in [0, 0.05) is 28.9 Å². The van der Waals surface area contributed by atoms with Crippen molar-refractivity contribution in [2.24, 2.45) is 0 Å². The molecule has 7 nitrogen and oxygen atoms in total. The van der Waals surface area contributed by atoms with E-state index in [-0.39, 0.29) is 5.91 Å². The summed E-state index contributed by atoms with van der Waals surface area (Å²) in [7, 11) is 0. The predicted octanol–water partition coefficient (Wildman–Crippen LogP) is 4.46. The number of benzene rings is 1. The molecule has 0 radical (unpaired) electrons. The molecule has 154 valence electrons. The average Bonchev–Trinajstić information content (AvgIpc) is 3.26. The van der Waals surface area contributed by atoms with Crippen LogP contribution >= 0.6 is 11.8 Å². The van der Waals surface area contributed by atoms with Crippen LogP contribution in [0.3, 0.4) is 0 Å². The predicted molar refractivity (Wildman–Crippen MR) is 121 cm³/mol. The van der Waals surface area contributed by atoms with Crippen LogP contribution < -0.4 is 5.32 Å². The Kier molecular flexibility index (Phi) is 5.21. The quantitative estimate of drug-likeness (QED) is 0.482. The van der Waals surface area contributed by atoms with Crippen molar-refractivity contribution in [2.45, 2.75) is 24.8 Å². The number of aromatic nitrogens is 5. The Morgan fingerprint density at radius 1 is 1.10 bits per heavy atom. The lowest BCUT2D eigenvalue weighted by atomic mass is 10.0. The van der Waals surface area contributed by atoms with Gasteiger partial charge in [-0.15, -0.1) is 22.0 Å². The molecular weight excluding hydrogens is 408 g/mol. The topological polar surface area (TPSA) is 85.6 Å². The van der Waals surface area contributed by atoms with Crippen LogP contribution in [0.15, 0.2) is 66.0 Å². The van der Waals surface area contributed by atoms with E-state index in [1.807, 2.05) is 60.2 Å². The van der Waals surface area contributed by atoms with Gasteiger partial charge in [-0.3, -0.25) is 9.78 Å². The zero-order chi connectivity index (χ0) is 21.2. The van der Waals surface area contributed by atoms with Gasteiger partial charge in [-0.05, 0) is 55.0 Å². The highest BCUT2D eigenvalue weighted by Crippen LogP contribution is 2.30. The molecule has 5 rings (SSSR count). The minimum Gasteiger partial charge on any atom is -0.312 e. The summed E-state index contributed by atoms with van der Waals surface area (Å²) in [5.41, 5.74) is 4.21. The molecular formula is C23H20N6OS. The first kappa shape index (κ1) is 19.4. The Bertz CT molecular complexity index is 1250. The smallest absolute Gasteiger partial charge is 0.257 e. The molecule has 4 heterocycles. The zero-order valence-corrected chi connectivity index (χ0v) is 17.8. The Balaban J connectivity index is 1.55. The first-order valence-electron chi connectivity index (χ1n) is 10.0. The van der Waals surface area contributed by atoms with Crippen molar-refractivity contribution in [2.75, 3.05) is 11.1 Å². The second kappa shape index (κ2) is 8.31. The van der Waals surface area contributed by atoms with Crippen LogP contribution in [0.25, 0.3) is 22.6 Å². The summed E-state index contributed by atoms with van der Waals surface area (Å²) in [6, 6.07) is 15.5. The number of carbonyl (C=O) groups excluding carboxylic acids is 1. The molecule has 31 heavy (non-hydrogen) atoms. The standard InChI is InChI=1S/C23H20N6OS/c1-15-6-7-17(13-24-15)16-8-9-20-18(12-16)23(30)27-21-5-2-4-19(26-21)22-28-25-14-29(22)10-3-11-31-20/h2,4-9,12-14H,3,10-11H2,1H3,(H,26,27,30). The number of anilines is 1. The van der Waals surface area contributed by atoms with Gasteiger partial charge in [-0.1, -0.05) is 18.2 Å². The highest BCUT2D eigenvalue weighted by atomic mass is 32.2. The van der Waals surface area contributed by atoms with Gasteiger partial charge in [0.05, 0.1) is 5.56 Å². The molecule has 1 aromatic carbocycles. The molecule has 1 aliphatic heterocycles. The number of aryl methyl sites for hydroxylation is 2. The molecule has 3 aromatic heterocycles. The van der Waals surface area contributed by atoms with Gasteiger partial charge in [0.15, 0.2) is 5.82 Å². The number of amides is 1. The Labute approximate surface area is 184 Å². The third-order valence-electron chi connectivity index (χ3n) is 5.11. The number of pyridine rings is 2. The fourth-order valence-corrected chi connectivity index (χ4v) is 4.46. The van der Waals surface area contributed by atoms with Crippen LogP contribution in [0, 0.1) is 6.92 Å². The van der Waals surface area contributed by atoms with E-state index in [0.29, 0.717) is 22.9 Å². The summed E-state index contributed by atoms with van der Waals surface area (Å²) < 4.78 is 2.00. The number of carbonyl (C=O) groups is 1. The molecule has 1 N–H and O–H groups in total. The molecule has 0 aliphatic carbocycles. The molecule has 0 fully saturated rings. The highest BCUT2D eigenvalue weighted by molar-refractivity contribution is 7.99. The lowest BCUT2D eigenvalue weighted by Gasteiger charge is -2.12. The van der Waals surface area contributed by atoms with E-state index in [0.717, 1.165) is 40.4 Å². The lowest BCUT2D eigenvalue weighted by molar-refractivity contribution is 0.102.